The van der Waals surface area contributed by atoms with E-state index in [1.807, 2.05) is 194 Å². The molecule has 0 atom stereocenters. The highest BCUT2D eigenvalue weighted by Crippen LogP contribution is 2.48. The minimum Gasteiger partial charge on any atom is -0.400 e. The maximum atomic E-state index is 12.8. The second-order valence-electron chi connectivity index (χ2n) is 32.7. The van der Waals surface area contributed by atoms with E-state index in [9.17, 15) is 76.7 Å². The lowest BCUT2D eigenvalue weighted by Gasteiger charge is -2.37. The van der Waals surface area contributed by atoms with Gasteiger partial charge in [0.1, 0.15) is 0 Å². The summed E-state index contributed by atoms with van der Waals surface area (Å²) in [5.41, 5.74) is 6.37. The largest absolute Gasteiger partial charge is 0.400 e. The van der Waals surface area contributed by atoms with Crippen LogP contribution in [0.4, 0.5) is 0 Å². The zero-order chi connectivity index (χ0) is 94.3. The van der Waals surface area contributed by atoms with Gasteiger partial charge in [-0.3, -0.25) is 115 Å². The van der Waals surface area contributed by atoms with E-state index in [2.05, 4.69) is 39.9 Å². The van der Waals surface area contributed by atoms with Crippen molar-refractivity contribution in [2.45, 2.75) is 119 Å². The normalized spacial score (nSPS) is 11.4. The van der Waals surface area contributed by atoms with Crippen molar-refractivity contribution in [1.82, 2.24) is 76.4 Å². The lowest BCUT2D eigenvalue weighted by atomic mass is 9.65. The van der Waals surface area contributed by atoms with E-state index < -0.39 is 101 Å². The molecule has 0 unspecified atom stereocenters. The van der Waals surface area contributed by atoms with Gasteiger partial charge in [-0.05, 0) is 144 Å². The fourth-order valence-electron chi connectivity index (χ4n) is 16.3. The number of benzene rings is 8. The Balaban J connectivity index is 0.000000209. The first-order chi connectivity index (χ1) is 63.2. The number of hydrogen-bond donors (Lipinski definition) is 9. The summed E-state index contributed by atoms with van der Waals surface area (Å²) in [7, 11) is 1.00. The van der Waals surface area contributed by atoms with E-state index in [4.69, 9.17) is 5.11 Å². The molecule has 0 saturated heterocycles. The number of H-pyrrole nitrogens is 8. The smallest absolute Gasteiger partial charge is 0.328 e. The Morgan fingerprint density at radius 1 is 0.174 bits per heavy atom. The first-order valence-electron chi connectivity index (χ1n) is 41.8. The number of aromatic amines is 8. The molecule has 9 N–H and O–H groups in total. The summed E-state index contributed by atoms with van der Waals surface area (Å²) in [5, 5.41) is 7.00. The summed E-state index contributed by atoms with van der Waals surface area (Å²) in [6.07, 6.45) is 12.2. The average molecular weight is 1780 g/mol. The quantitative estimate of drug-likeness (QED) is 0.0342. The fourth-order valence-corrected chi connectivity index (χ4v) is 16.3. The van der Waals surface area contributed by atoms with Gasteiger partial charge >= 0.3 is 45.5 Å². The molecule has 0 spiro atoms. The molecule has 8 heterocycles. The first kappa shape index (κ1) is 91.4. The highest BCUT2D eigenvalue weighted by atomic mass is 16.2. The van der Waals surface area contributed by atoms with Crippen LogP contribution in [0.25, 0.3) is 0 Å². The number of aliphatic hydroxyl groups is 1. The lowest BCUT2D eigenvalue weighted by Crippen LogP contribution is -2.32. The predicted molar refractivity (Wildman–Crippen MR) is 499 cm³/mol. The standard InChI is InChI=1S/2C49H44N8O8.CH4O/c2*1-29-21-54(45(62)50-41(29)58)25-33-5-13-37(14-6-33)49(38-15-7-34(8-16-38)26-55-22-30(2)42(59)51-46(55)63,39-17-9-35(10-18-39)27-56-23-31(3)43(60)52-47(56)64)40-19-11-36(12-20-40)28-57-24-32(4)44(61)53-48(57)65;1-2/h2*5-24H,25-28H2,1-4H3,(H,50,58,62)(H,51,59,63)(H,52,60,64)(H,53,61,65);2H,1H3. The van der Waals surface area contributed by atoms with Crippen molar-refractivity contribution >= 4 is 0 Å². The topological polar surface area (TPSA) is 459 Å². The Morgan fingerprint density at radius 3 is 0.356 bits per heavy atom. The van der Waals surface area contributed by atoms with E-state index in [-0.39, 0.29) is 52.4 Å². The number of aromatic nitrogens is 16. The maximum Gasteiger partial charge on any atom is 0.328 e. The summed E-state index contributed by atoms with van der Waals surface area (Å²) in [4.78, 5) is 218. The molecule has 8 aromatic heterocycles. The Bertz CT molecular complexity index is 6700. The zero-order valence-corrected chi connectivity index (χ0v) is 73.3. The predicted octanol–water partition coefficient (Wildman–Crippen LogP) is 5.40. The van der Waals surface area contributed by atoms with E-state index in [0.717, 1.165) is 96.1 Å². The van der Waals surface area contributed by atoms with Crippen LogP contribution in [0.5, 0.6) is 0 Å². The van der Waals surface area contributed by atoms with E-state index >= 15 is 0 Å². The van der Waals surface area contributed by atoms with Crippen LogP contribution in [0.15, 0.2) is 320 Å². The Morgan fingerprint density at radius 2 is 0.265 bits per heavy atom. The number of nitrogens with zero attached hydrogens (tertiary/aromatic N) is 8. The summed E-state index contributed by atoms with van der Waals surface area (Å²) >= 11 is 0. The van der Waals surface area contributed by atoms with Gasteiger partial charge in [0.2, 0.25) is 0 Å². The van der Waals surface area contributed by atoms with Crippen molar-refractivity contribution < 1.29 is 5.11 Å². The maximum absolute atomic E-state index is 12.8. The molecule has 0 radical (unpaired) electrons. The zero-order valence-electron chi connectivity index (χ0n) is 73.3. The molecular weight excluding hydrogens is 1690 g/mol. The molecule has 8 aromatic carbocycles. The minimum absolute atomic E-state index is 0.193. The number of nitrogens with one attached hydrogen (secondary N) is 8. The van der Waals surface area contributed by atoms with Crippen LogP contribution < -0.4 is 90.0 Å². The molecule has 0 aliphatic heterocycles. The van der Waals surface area contributed by atoms with Crippen molar-refractivity contribution in [3.63, 3.8) is 0 Å². The highest BCUT2D eigenvalue weighted by molar-refractivity contribution is 5.63. The van der Waals surface area contributed by atoms with Crippen LogP contribution in [0, 0.1) is 55.4 Å². The third-order valence-corrected chi connectivity index (χ3v) is 23.4. The molecule has 0 amide bonds. The summed E-state index contributed by atoms with van der Waals surface area (Å²) in [5.74, 6) is 0. The monoisotopic (exact) mass is 1780 g/mol. The van der Waals surface area contributed by atoms with Gasteiger partial charge in [-0.25, -0.2) is 38.4 Å². The molecule has 33 nitrogen and oxygen atoms in total. The van der Waals surface area contributed by atoms with E-state index in [1.165, 1.54) is 86.1 Å². The second kappa shape index (κ2) is 38.4. The summed E-state index contributed by atoms with van der Waals surface area (Å²) in [6.45, 7) is 14.6. The van der Waals surface area contributed by atoms with Gasteiger partial charge in [-0.15, -0.1) is 0 Å². The highest BCUT2D eigenvalue weighted by Gasteiger charge is 2.41. The van der Waals surface area contributed by atoms with Crippen molar-refractivity contribution in [2.24, 2.45) is 0 Å². The lowest BCUT2D eigenvalue weighted by molar-refractivity contribution is 0.399. The molecule has 0 saturated carbocycles. The third-order valence-electron chi connectivity index (χ3n) is 23.4. The molecular formula is C99H92N16O17. The number of aryl methyl sites for hydroxylation is 8. The molecule has 0 aliphatic rings. The molecule has 0 aliphatic carbocycles. The number of aliphatic hydroxyl groups excluding tert-OH is 1. The van der Waals surface area contributed by atoms with Crippen LogP contribution in [-0.4, -0.2) is 88.6 Å². The minimum atomic E-state index is -1.04. The van der Waals surface area contributed by atoms with Crippen LogP contribution in [0.3, 0.4) is 0 Å². The van der Waals surface area contributed by atoms with E-state index in [1.54, 1.807) is 55.4 Å². The first-order valence-corrected chi connectivity index (χ1v) is 41.8. The van der Waals surface area contributed by atoms with Crippen LogP contribution in [0.2, 0.25) is 0 Å². The van der Waals surface area contributed by atoms with Crippen molar-refractivity contribution in [2.75, 3.05) is 7.11 Å². The van der Waals surface area contributed by atoms with Gasteiger partial charge < -0.3 is 5.11 Å². The molecule has 33 heteroatoms. The molecule has 16 aromatic rings. The molecule has 16 rings (SSSR count). The van der Waals surface area contributed by atoms with Gasteiger partial charge in [0.15, 0.2) is 0 Å². The Hall–Kier alpha value is -16.8. The summed E-state index contributed by atoms with van der Waals surface area (Å²) < 4.78 is 11.5. The van der Waals surface area contributed by atoms with Gasteiger partial charge in [-0.1, -0.05) is 194 Å². The molecule has 670 valence electrons. The number of hydrogen-bond acceptors (Lipinski definition) is 17. The van der Waals surface area contributed by atoms with Crippen molar-refractivity contribution in [1.29, 1.82) is 0 Å². The fraction of sp³-hybridized carbons (Fsp3) is 0.192. The molecule has 132 heavy (non-hydrogen) atoms. The average Bonchev–Trinajstić information content (AvgIpc) is 0.732. The van der Waals surface area contributed by atoms with Crippen molar-refractivity contribution in [3.05, 3.63) is 544 Å². The third kappa shape index (κ3) is 19.4. The molecule has 0 fully saturated rings. The van der Waals surface area contributed by atoms with Gasteiger partial charge in [0.25, 0.3) is 44.5 Å². The summed E-state index contributed by atoms with van der Waals surface area (Å²) in [6, 6.07) is 62.6. The van der Waals surface area contributed by atoms with Crippen LogP contribution in [0.1, 0.15) is 134 Å². The van der Waals surface area contributed by atoms with E-state index in [0.29, 0.717) is 44.5 Å². The van der Waals surface area contributed by atoms with Gasteiger partial charge in [0.05, 0.1) is 63.2 Å². The van der Waals surface area contributed by atoms with Crippen LogP contribution in [-0.2, 0) is 63.2 Å². The van der Waals surface area contributed by atoms with Gasteiger partial charge in [0, 0.05) is 101 Å². The number of rotatable bonds is 24. The second-order valence-corrected chi connectivity index (χ2v) is 32.7. The Labute approximate surface area is 747 Å². The van der Waals surface area contributed by atoms with Gasteiger partial charge in [-0.2, -0.15) is 0 Å². The van der Waals surface area contributed by atoms with Crippen molar-refractivity contribution in [3.8, 4) is 0 Å². The molecule has 0 bridgehead atoms. The Kier molecular flexibility index (Phi) is 26.6. The van der Waals surface area contributed by atoms with Crippen LogP contribution >= 0.6 is 0 Å². The SMILES string of the molecule is CO.Cc1cn(Cc2ccc(C(c3ccc(Cn4cc(C)c(=O)[nH]c4=O)cc3)(c3ccc(Cn4cc(C)c(=O)[nH]c4=O)cc3)c3ccc(Cn4cc(C)c(=O)[nH]c4=O)cc3)cc2)c(=O)[nH]c1=O.Cc1cn(Cc2ccc(C(c3ccc(Cn4cc(C)c(=O)[nH]c4=O)cc3)(c3ccc(Cn4cc(C)c(=O)[nH]c4=O)cc3)c3ccc(Cn4cc(C)c(=O)[nH]c4=O)cc3)cc2)c(=O)[nH]c1=O.